The molecule has 1 N–H and O–H groups in total. The largest absolute Gasteiger partial charge is 0.497 e. The van der Waals surface area contributed by atoms with Crippen LogP contribution in [0.3, 0.4) is 0 Å². The molecule has 214 valence electrons. The SMILES string of the molecule is COc1ccc(N(c2ccc(OC)cc2)c2c3ccccc3c(-c3cccc(Nc4ccccn4)n3)c3ccccc23)cc1. The number of fused-ring (bicyclic) bond motifs is 2. The molecule has 2 heterocycles. The van der Waals surface area contributed by atoms with Crippen LogP contribution in [0.2, 0.25) is 0 Å². The second-order valence-electron chi connectivity index (χ2n) is 10.3. The molecule has 0 atom stereocenters. The fourth-order valence-electron chi connectivity index (χ4n) is 5.70. The predicted molar refractivity (Wildman–Crippen MR) is 180 cm³/mol. The zero-order valence-electron chi connectivity index (χ0n) is 24.4. The minimum Gasteiger partial charge on any atom is -0.497 e. The van der Waals surface area contributed by atoms with E-state index in [1.807, 2.05) is 54.6 Å². The molecule has 0 fully saturated rings. The van der Waals surface area contributed by atoms with Crippen molar-refractivity contribution >= 4 is 50.2 Å². The average molecular weight is 575 g/mol. The zero-order valence-corrected chi connectivity index (χ0v) is 24.4. The van der Waals surface area contributed by atoms with Crippen molar-refractivity contribution in [3.05, 3.63) is 140 Å². The lowest BCUT2D eigenvalue weighted by atomic mass is 9.91. The summed E-state index contributed by atoms with van der Waals surface area (Å²) in [6, 6.07) is 45.3. The van der Waals surface area contributed by atoms with Gasteiger partial charge in [0, 0.05) is 33.9 Å². The summed E-state index contributed by atoms with van der Waals surface area (Å²) in [5.74, 6) is 3.09. The minimum absolute atomic E-state index is 0.733. The highest BCUT2D eigenvalue weighted by Crippen LogP contribution is 2.48. The van der Waals surface area contributed by atoms with Crippen LogP contribution in [-0.4, -0.2) is 24.2 Å². The van der Waals surface area contributed by atoms with Crippen molar-refractivity contribution in [2.45, 2.75) is 0 Å². The van der Waals surface area contributed by atoms with Crippen molar-refractivity contribution in [2.24, 2.45) is 0 Å². The number of rotatable bonds is 8. The highest BCUT2D eigenvalue weighted by Gasteiger charge is 2.22. The molecule has 0 aliphatic carbocycles. The molecule has 7 aromatic rings. The highest BCUT2D eigenvalue weighted by molar-refractivity contribution is 6.22. The lowest BCUT2D eigenvalue weighted by Crippen LogP contribution is -2.11. The lowest BCUT2D eigenvalue weighted by Gasteiger charge is -2.29. The Balaban J connectivity index is 1.49. The van der Waals surface area contributed by atoms with Gasteiger partial charge in [0.1, 0.15) is 23.1 Å². The number of hydrogen-bond acceptors (Lipinski definition) is 6. The van der Waals surface area contributed by atoms with Crippen molar-refractivity contribution < 1.29 is 9.47 Å². The minimum atomic E-state index is 0.733. The van der Waals surface area contributed by atoms with Gasteiger partial charge >= 0.3 is 0 Å². The van der Waals surface area contributed by atoms with Gasteiger partial charge in [-0.25, -0.2) is 9.97 Å². The Labute approximate surface area is 256 Å². The Morgan fingerprint density at radius 2 is 1.05 bits per heavy atom. The number of nitrogens with zero attached hydrogens (tertiary/aromatic N) is 3. The van der Waals surface area contributed by atoms with Gasteiger partial charge in [-0.15, -0.1) is 0 Å². The summed E-state index contributed by atoms with van der Waals surface area (Å²) in [7, 11) is 3.37. The average Bonchev–Trinajstić information content (AvgIpc) is 3.09. The number of nitrogens with one attached hydrogen (secondary N) is 1. The zero-order chi connectivity index (χ0) is 29.9. The van der Waals surface area contributed by atoms with E-state index in [1.54, 1.807) is 20.4 Å². The molecule has 0 amide bonds. The molecule has 7 rings (SSSR count). The van der Waals surface area contributed by atoms with Gasteiger partial charge in [-0.3, -0.25) is 0 Å². The molecule has 0 unspecified atom stereocenters. The van der Waals surface area contributed by atoms with Crippen LogP contribution < -0.4 is 19.7 Å². The van der Waals surface area contributed by atoms with E-state index in [-0.39, 0.29) is 0 Å². The summed E-state index contributed by atoms with van der Waals surface area (Å²) >= 11 is 0. The molecule has 44 heavy (non-hydrogen) atoms. The smallest absolute Gasteiger partial charge is 0.132 e. The molecule has 0 spiro atoms. The van der Waals surface area contributed by atoms with Crippen molar-refractivity contribution in [1.82, 2.24) is 9.97 Å². The van der Waals surface area contributed by atoms with E-state index >= 15 is 0 Å². The Bertz CT molecular complexity index is 1960. The van der Waals surface area contributed by atoms with Crippen molar-refractivity contribution in [2.75, 3.05) is 24.4 Å². The topological polar surface area (TPSA) is 59.5 Å². The normalized spacial score (nSPS) is 11.0. The van der Waals surface area contributed by atoms with E-state index in [0.29, 0.717) is 0 Å². The van der Waals surface area contributed by atoms with Crippen LogP contribution in [-0.2, 0) is 0 Å². The Morgan fingerprint density at radius 1 is 0.523 bits per heavy atom. The molecular weight excluding hydrogens is 544 g/mol. The molecule has 2 aromatic heterocycles. The molecule has 5 aromatic carbocycles. The monoisotopic (exact) mass is 574 g/mol. The second-order valence-corrected chi connectivity index (χ2v) is 10.3. The number of pyridine rings is 2. The maximum atomic E-state index is 5.49. The molecule has 6 nitrogen and oxygen atoms in total. The van der Waals surface area contributed by atoms with Crippen LogP contribution in [0, 0.1) is 0 Å². The van der Waals surface area contributed by atoms with Crippen LogP contribution in [0.15, 0.2) is 140 Å². The Hall–Kier alpha value is -5.88. The third-order valence-corrected chi connectivity index (χ3v) is 7.71. The van der Waals surface area contributed by atoms with Crippen molar-refractivity contribution in [3.8, 4) is 22.8 Å². The van der Waals surface area contributed by atoms with E-state index in [1.165, 1.54) is 0 Å². The van der Waals surface area contributed by atoms with Gasteiger partial charge in [-0.05, 0) is 83.6 Å². The van der Waals surface area contributed by atoms with E-state index < -0.39 is 0 Å². The van der Waals surface area contributed by atoms with Gasteiger partial charge in [0.15, 0.2) is 0 Å². The fraction of sp³-hybridized carbons (Fsp3) is 0.0526. The van der Waals surface area contributed by atoms with E-state index in [0.717, 1.165) is 73.0 Å². The van der Waals surface area contributed by atoms with Crippen LogP contribution in [0.4, 0.5) is 28.7 Å². The number of methoxy groups -OCH3 is 2. The van der Waals surface area contributed by atoms with Gasteiger partial charge in [0.05, 0.1) is 25.6 Å². The maximum Gasteiger partial charge on any atom is 0.132 e. The van der Waals surface area contributed by atoms with Gasteiger partial charge in [-0.2, -0.15) is 0 Å². The summed E-state index contributed by atoms with van der Waals surface area (Å²) in [5.41, 5.74) is 5.06. The first-order chi connectivity index (χ1) is 21.7. The molecule has 0 saturated heterocycles. The van der Waals surface area contributed by atoms with Crippen LogP contribution in [0.5, 0.6) is 11.5 Å². The standard InChI is InChI=1S/C38H30N4O2/c1-43-28-21-17-26(18-22-28)42(27-19-23-29(44-2)24-20-27)38-32-12-5-3-10-30(32)37(31-11-4-6-13-33(31)38)34-14-9-16-36(40-34)41-35-15-7-8-25-39-35/h3-25H,1-2H3,(H,39,40,41). The van der Waals surface area contributed by atoms with Crippen molar-refractivity contribution in [1.29, 1.82) is 0 Å². The molecule has 0 aliphatic heterocycles. The van der Waals surface area contributed by atoms with Gasteiger partial charge in [0.25, 0.3) is 0 Å². The van der Waals surface area contributed by atoms with E-state index in [9.17, 15) is 0 Å². The number of hydrogen-bond donors (Lipinski definition) is 1. The summed E-state index contributed by atoms with van der Waals surface area (Å²) in [5, 5.41) is 7.78. The fourth-order valence-corrected chi connectivity index (χ4v) is 5.70. The van der Waals surface area contributed by atoms with E-state index in [2.05, 4.69) is 94.1 Å². The van der Waals surface area contributed by atoms with Crippen molar-refractivity contribution in [3.63, 3.8) is 0 Å². The summed E-state index contributed by atoms with van der Waals surface area (Å²) in [6.45, 7) is 0. The van der Waals surface area contributed by atoms with Gasteiger partial charge in [0.2, 0.25) is 0 Å². The lowest BCUT2D eigenvalue weighted by molar-refractivity contribution is 0.415. The molecule has 0 radical (unpaired) electrons. The number of aromatic nitrogens is 2. The number of ether oxygens (including phenoxy) is 2. The first-order valence-corrected chi connectivity index (χ1v) is 14.4. The first kappa shape index (κ1) is 27.0. The molecule has 0 bridgehead atoms. The Morgan fingerprint density at radius 3 is 1.57 bits per heavy atom. The van der Waals surface area contributed by atoms with Gasteiger partial charge in [-0.1, -0.05) is 60.7 Å². The summed E-state index contributed by atoms with van der Waals surface area (Å²) < 4.78 is 11.0. The second kappa shape index (κ2) is 11.8. The summed E-state index contributed by atoms with van der Waals surface area (Å²) in [6.07, 6.45) is 1.77. The molecule has 0 aliphatic rings. The van der Waals surface area contributed by atoms with Crippen LogP contribution in [0.1, 0.15) is 0 Å². The molecular formula is C38H30N4O2. The molecule has 0 saturated carbocycles. The maximum absolute atomic E-state index is 5.49. The quantitative estimate of drug-likeness (QED) is 0.182. The first-order valence-electron chi connectivity index (χ1n) is 14.4. The number of anilines is 5. The predicted octanol–water partition coefficient (Wildman–Crippen LogP) is 9.68. The third-order valence-electron chi connectivity index (χ3n) is 7.71. The van der Waals surface area contributed by atoms with Crippen LogP contribution >= 0.6 is 0 Å². The van der Waals surface area contributed by atoms with Gasteiger partial charge < -0.3 is 19.7 Å². The highest BCUT2D eigenvalue weighted by atomic mass is 16.5. The number of benzene rings is 5. The van der Waals surface area contributed by atoms with Crippen LogP contribution in [0.25, 0.3) is 32.8 Å². The van der Waals surface area contributed by atoms with E-state index in [4.69, 9.17) is 14.5 Å². The Kier molecular flexibility index (Phi) is 7.22. The third kappa shape index (κ3) is 5.03. The summed E-state index contributed by atoms with van der Waals surface area (Å²) in [4.78, 5) is 11.8. The molecule has 6 heteroatoms.